The molecule has 3 aromatic rings. The van der Waals surface area contributed by atoms with Gasteiger partial charge in [-0.15, -0.1) is 11.3 Å². The van der Waals surface area contributed by atoms with Gasteiger partial charge in [0.25, 0.3) is 0 Å². The Labute approximate surface area is 233 Å². The third-order valence-corrected chi connectivity index (χ3v) is 9.42. The average molecular weight is 545 g/mol. The van der Waals surface area contributed by atoms with Gasteiger partial charge in [-0.3, -0.25) is 9.79 Å². The van der Waals surface area contributed by atoms with E-state index in [0.29, 0.717) is 4.88 Å². The SMILES string of the molecule is C=C/C(C)=C(/C=C(\C)c1ccc(-c2cc(N(C(C)C)P(OC)c3ccc(C)cc3)c(C=O)s2)cc1)N=CC. The lowest BCUT2D eigenvalue weighted by Gasteiger charge is -2.35. The minimum Gasteiger partial charge on any atom is -0.339 e. The number of carbonyl (C=O) groups excluding carboxylic acids is 1. The molecule has 198 valence electrons. The summed E-state index contributed by atoms with van der Waals surface area (Å²) in [6, 6.07) is 19.2. The highest BCUT2D eigenvalue weighted by Gasteiger charge is 2.28. The molecule has 0 aliphatic carbocycles. The van der Waals surface area contributed by atoms with Crippen LogP contribution in [0, 0.1) is 6.92 Å². The summed E-state index contributed by atoms with van der Waals surface area (Å²) >= 11 is 1.52. The Kier molecular flexibility index (Phi) is 10.6. The van der Waals surface area contributed by atoms with E-state index in [2.05, 4.69) is 105 Å². The molecule has 0 saturated carbocycles. The van der Waals surface area contributed by atoms with Gasteiger partial charge in [0.1, 0.15) is 0 Å². The first-order valence-corrected chi connectivity index (χ1v) is 14.7. The highest BCUT2D eigenvalue weighted by atomic mass is 32.1. The number of carbonyl (C=O) groups is 1. The number of nitrogens with zero attached hydrogens (tertiary/aromatic N) is 2. The van der Waals surface area contributed by atoms with Gasteiger partial charge in [0, 0.05) is 29.5 Å². The lowest BCUT2D eigenvalue weighted by atomic mass is 10.0. The second-order valence-corrected chi connectivity index (χ2v) is 12.2. The molecule has 1 unspecified atom stereocenters. The van der Waals surface area contributed by atoms with E-state index in [0.717, 1.165) is 50.1 Å². The number of aldehydes is 1. The summed E-state index contributed by atoms with van der Waals surface area (Å²) in [6.45, 7) is 16.2. The van der Waals surface area contributed by atoms with Gasteiger partial charge >= 0.3 is 0 Å². The topological polar surface area (TPSA) is 41.9 Å². The smallest absolute Gasteiger partial charge is 0.166 e. The van der Waals surface area contributed by atoms with Crippen molar-refractivity contribution < 1.29 is 9.32 Å². The van der Waals surface area contributed by atoms with E-state index in [4.69, 9.17) is 4.52 Å². The van der Waals surface area contributed by atoms with E-state index in [1.54, 1.807) is 13.3 Å². The van der Waals surface area contributed by atoms with Crippen molar-refractivity contribution in [3.05, 3.63) is 101 Å². The van der Waals surface area contributed by atoms with E-state index >= 15 is 0 Å². The number of aliphatic imine (C=N–C) groups is 1. The van der Waals surface area contributed by atoms with Crippen LogP contribution in [0.3, 0.4) is 0 Å². The fourth-order valence-electron chi connectivity index (χ4n) is 4.06. The number of allylic oxidation sites excluding steroid dienone is 4. The molecule has 0 amide bonds. The predicted octanol–water partition coefficient (Wildman–Crippen LogP) is 8.99. The summed E-state index contributed by atoms with van der Waals surface area (Å²) in [4.78, 5) is 18.4. The Morgan fingerprint density at radius 2 is 1.76 bits per heavy atom. The first-order chi connectivity index (χ1) is 18.2. The second-order valence-electron chi connectivity index (χ2n) is 9.27. The summed E-state index contributed by atoms with van der Waals surface area (Å²) < 4.78 is 8.28. The molecule has 38 heavy (non-hydrogen) atoms. The number of rotatable bonds is 11. The maximum absolute atomic E-state index is 12.2. The zero-order valence-electron chi connectivity index (χ0n) is 23.4. The summed E-state index contributed by atoms with van der Waals surface area (Å²) in [5.74, 6) is 0. The summed E-state index contributed by atoms with van der Waals surface area (Å²) in [5.41, 5.74) is 7.36. The molecule has 0 aliphatic heterocycles. The standard InChI is InChI=1S/C32H37N2O2PS/c1-9-24(6)29(33-10-2)19-25(7)26-13-15-27(16-14-26)31-20-30(32(21-35)38-31)34(22(3)4)37(36-8)28-17-11-23(5)12-18-28/h9-22H,1H2,2-8H3/b25-19+,29-24-,33-10?. The Hall–Kier alpha value is -3.11. The van der Waals surface area contributed by atoms with Crippen LogP contribution in [-0.4, -0.2) is 25.7 Å². The number of aryl methyl sites for hydroxylation is 1. The Morgan fingerprint density at radius 3 is 2.29 bits per heavy atom. The number of benzene rings is 2. The van der Waals surface area contributed by atoms with Gasteiger partial charge in [0.15, 0.2) is 14.6 Å². The van der Waals surface area contributed by atoms with E-state index in [1.165, 1.54) is 16.9 Å². The Bertz CT molecular complexity index is 1350. The van der Waals surface area contributed by atoms with Gasteiger partial charge in [0.2, 0.25) is 0 Å². The van der Waals surface area contributed by atoms with Gasteiger partial charge in [-0.05, 0) is 76.0 Å². The van der Waals surface area contributed by atoms with Crippen LogP contribution in [0.25, 0.3) is 16.0 Å². The van der Waals surface area contributed by atoms with E-state index in [9.17, 15) is 4.79 Å². The minimum absolute atomic E-state index is 0.144. The quantitative estimate of drug-likeness (QED) is 0.105. The van der Waals surface area contributed by atoms with Gasteiger partial charge in [-0.25, -0.2) is 0 Å². The molecule has 0 bridgehead atoms. The van der Waals surface area contributed by atoms with Crippen molar-refractivity contribution in [1.82, 2.24) is 0 Å². The van der Waals surface area contributed by atoms with Gasteiger partial charge in [-0.2, -0.15) is 0 Å². The summed E-state index contributed by atoms with van der Waals surface area (Å²) in [7, 11) is 0.638. The van der Waals surface area contributed by atoms with Crippen molar-refractivity contribution in [3.63, 3.8) is 0 Å². The molecule has 0 spiro atoms. The molecule has 3 rings (SSSR count). The number of anilines is 1. The lowest BCUT2D eigenvalue weighted by molar-refractivity contribution is 0.112. The number of hydrogen-bond donors (Lipinski definition) is 0. The highest BCUT2D eigenvalue weighted by molar-refractivity contribution is 7.62. The molecule has 2 aromatic carbocycles. The Balaban J connectivity index is 1.98. The average Bonchev–Trinajstić information content (AvgIpc) is 3.35. The molecule has 0 radical (unpaired) electrons. The predicted molar refractivity (Wildman–Crippen MR) is 168 cm³/mol. The first-order valence-electron chi connectivity index (χ1n) is 12.6. The molecule has 0 saturated heterocycles. The molecule has 1 aromatic heterocycles. The normalized spacial score (nSPS) is 13.5. The third kappa shape index (κ3) is 6.85. The fraction of sp³-hybridized carbons (Fsp3) is 0.250. The molecule has 0 N–H and O–H groups in total. The van der Waals surface area contributed by atoms with Crippen molar-refractivity contribution in [2.45, 2.75) is 47.6 Å². The zero-order chi connectivity index (χ0) is 27.8. The van der Waals surface area contributed by atoms with Crippen LogP contribution in [0.1, 0.15) is 55.4 Å². The molecule has 1 atom stereocenters. The van der Waals surface area contributed by atoms with E-state index in [-0.39, 0.29) is 6.04 Å². The van der Waals surface area contributed by atoms with Crippen molar-refractivity contribution >= 4 is 48.7 Å². The maximum atomic E-state index is 12.2. The monoisotopic (exact) mass is 544 g/mol. The fourth-order valence-corrected chi connectivity index (χ4v) is 6.92. The molecule has 6 heteroatoms. The first kappa shape index (κ1) is 29.4. The highest BCUT2D eigenvalue weighted by Crippen LogP contribution is 2.49. The van der Waals surface area contributed by atoms with Crippen molar-refractivity contribution in [2.75, 3.05) is 11.8 Å². The molecule has 0 fully saturated rings. The lowest BCUT2D eigenvalue weighted by Crippen LogP contribution is -2.30. The van der Waals surface area contributed by atoms with Gasteiger partial charge in [-0.1, -0.05) is 66.7 Å². The molecular weight excluding hydrogens is 507 g/mol. The second kappa shape index (κ2) is 13.6. The van der Waals surface area contributed by atoms with Crippen molar-refractivity contribution in [1.29, 1.82) is 0 Å². The van der Waals surface area contributed by atoms with Crippen LogP contribution in [0.15, 0.2) is 89.6 Å². The summed E-state index contributed by atoms with van der Waals surface area (Å²) in [6.07, 6.45) is 6.66. The van der Waals surface area contributed by atoms with Gasteiger partial charge < -0.3 is 9.19 Å². The van der Waals surface area contributed by atoms with Crippen LogP contribution < -0.4 is 9.97 Å². The maximum Gasteiger partial charge on any atom is 0.166 e. The number of thiophene rings is 1. The molecule has 1 heterocycles. The zero-order valence-corrected chi connectivity index (χ0v) is 25.1. The van der Waals surface area contributed by atoms with E-state index < -0.39 is 8.30 Å². The Morgan fingerprint density at radius 1 is 1.11 bits per heavy atom. The van der Waals surface area contributed by atoms with Crippen LogP contribution in [0.5, 0.6) is 0 Å². The molecule has 4 nitrogen and oxygen atoms in total. The minimum atomic E-state index is -1.10. The summed E-state index contributed by atoms with van der Waals surface area (Å²) in [5, 5.41) is 1.12. The van der Waals surface area contributed by atoms with Crippen LogP contribution >= 0.6 is 19.6 Å². The van der Waals surface area contributed by atoms with Crippen LogP contribution in [0.4, 0.5) is 5.69 Å². The van der Waals surface area contributed by atoms with Crippen LogP contribution in [0.2, 0.25) is 0 Å². The third-order valence-electron chi connectivity index (χ3n) is 6.16. The van der Waals surface area contributed by atoms with Crippen molar-refractivity contribution in [3.8, 4) is 10.4 Å². The molecule has 0 aliphatic rings. The number of hydrogen-bond acceptors (Lipinski definition) is 5. The molecular formula is C32H37N2O2PS. The van der Waals surface area contributed by atoms with Crippen LogP contribution in [-0.2, 0) is 4.52 Å². The van der Waals surface area contributed by atoms with E-state index in [1.807, 2.05) is 19.9 Å². The van der Waals surface area contributed by atoms with Crippen molar-refractivity contribution in [2.24, 2.45) is 4.99 Å². The largest absolute Gasteiger partial charge is 0.339 e. The van der Waals surface area contributed by atoms with Gasteiger partial charge in [0.05, 0.1) is 16.3 Å².